The van der Waals surface area contributed by atoms with Crippen LogP contribution in [0.2, 0.25) is 0 Å². The lowest BCUT2D eigenvalue weighted by molar-refractivity contribution is -0.142. The van der Waals surface area contributed by atoms with Crippen molar-refractivity contribution in [2.24, 2.45) is 0 Å². The highest BCUT2D eigenvalue weighted by Crippen LogP contribution is 2.18. The Morgan fingerprint density at radius 2 is 1.68 bits per heavy atom. The fraction of sp³-hybridized carbons (Fsp3) is 0.250. The summed E-state index contributed by atoms with van der Waals surface area (Å²) in [5, 5.41) is 24.1. The van der Waals surface area contributed by atoms with Crippen LogP contribution in [-0.2, 0) is 16.1 Å². The maximum Gasteiger partial charge on any atom is 0.330 e. The van der Waals surface area contributed by atoms with Gasteiger partial charge in [-0.25, -0.2) is 4.79 Å². The largest absolute Gasteiger partial charge is 0.479 e. The van der Waals surface area contributed by atoms with E-state index < -0.39 is 17.9 Å². The van der Waals surface area contributed by atoms with Crippen LogP contribution in [0.5, 0.6) is 0 Å². The highest BCUT2D eigenvalue weighted by Gasteiger charge is 2.23. The standard InChI is InChI=1S/C20H21N5O3/c1-12-4-6-15(7-5-12)19-22-24-25(23-19)11-17(26)21-18(20(27)28)16-9-13(2)8-14(3)10-16/h4-10,18H,11H2,1-3H3,(H,21,26)(H,27,28). The third-order valence-corrected chi connectivity index (χ3v) is 4.18. The molecule has 0 aliphatic rings. The second-order valence-corrected chi connectivity index (χ2v) is 6.77. The van der Waals surface area contributed by atoms with Crippen LogP contribution in [0.4, 0.5) is 0 Å². The molecule has 1 amide bonds. The van der Waals surface area contributed by atoms with Crippen LogP contribution in [0.3, 0.4) is 0 Å². The number of aromatic nitrogens is 4. The maximum atomic E-state index is 12.4. The number of carbonyl (C=O) groups excluding carboxylic acids is 1. The number of aryl methyl sites for hydroxylation is 3. The molecule has 0 aliphatic heterocycles. The Kier molecular flexibility index (Phi) is 5.49. The number of benzene rings is 2. The summed E-state index contributed by atoms with van der Waals surface area (Å²) in [4.78, 5) is 25.2. The van der Waals surface area contributed by atoms with Gasteiger partial charge in [0, 0.05) is 5.56 Å². The third-order valence-electron chi connectivity index (χ3n) is 4.18. The molecule has 0 aliphatic carbocycles. The number of nitrogens with zero attached hydrogens (tertiary/aromatic N) is 4. The van der Waals surface area contributed by atoms with Gasteiger partial charge in [-0.05, 0) is 31.5 Å². The summed E-state index contributed by atoms with van der Waals surface area (Å²) in [5.41, 5.74) is 4.27. The molecule has 8 heteroatoms. The Hall–Kier alpha value is -3.55. The van der Waals surface area contributed by atoms with Crippen molar-refractivity contribution in [1.29, 1.82) is 0 Å². The Labute approximate surface area is 162 Å². The molecule has 0 fully saturated rings. The van der Waals surface area contributed by atoms with Gasteiger partial charge in [0.2, 0.25) is 11.7 Å². The molecule has 0 saturated heterocycles. The molecule has 3 aromatic rings. The number of aliphatic carboxylic acids is 1. The van der Waals surface area contributed by atoms with Crippen molar-refractivity contribution >= 4 is 11.9 Å². The fourth-order valence-corrected chi connectivity index (χ4v) is 2.93. The van der Waals surface area contributed by atoms with E-state index in [1.165, 1.54) is 0 Å². The molecule has 144 valence electrons. The smallest absolute Gasteiger partial charge is 0.330 e. The van der Waals surface area contributed by atoms with E-state index in [1.807, 2.05) is 51.1 Å². The van der Waals surface area contributed by atoms with Crippen LogP contribution in [0.25, 0.3) is 11.4 Å². The Morgan fingerprint density at radius 3 is 2.29 bits per heavy atom. The maximum absolute atomic E-state index is 12.4. The first-order valence-corrected chi connectivity index (χ1v) is 8.77. The van der Waals surface area contributed by atoms with Crippen molar-refractivity contribution in [2.45, 2.75) is 33.4 Å². The Bertz CT molecular complexity index is 991. The van der Waals surface area contributed by atoms with Crippen LogP contribution < -0.4 is 5.32 Å². The highest BCUT2D eigenvalue weighted by molar-refractivity contribution is 5.84. The van der Waals surface area contributed by atoms with E-state index in [4.69, 9.17) is 0 Å². The molecule has 1 heterocycles. The van der Waals surface area contributed by atoms with Crippen molar-refractivity contribution in [2.75, 3.05) is 0 Å². The summed E-state index contributed by atoms with van der Waals surface area (Å²) >= 11 is 0. The molecule has 2 N–H and O–H groups in total. The predicted molar refractivity (Wildman–Crippen MR) is 102 cm³/mol. The zero-order chi connectivity index (χ0) is 20.3. The number of carboxylic acids is 1. The number of tetrazole rings is 1. The highest BCUT2D eigenvalue weighted by atomic mass is 16.4. The quantitative estimate of drug-likeness (QED) is 0.679. The van der Waals surface area contributed by atoms with Gasteiger partial charge in [-0.2, -0.15) is 4.80 Å². The number of amides is 1. The van der Waals surface area contributed by atoms with Crippen molar-refractivity contribution in [1.82, 2.24) is 25.5 Å². The zero-order valence-corrected chi connectivity index (χ0v) is 15.9. The Morgan fingerprint density at radius 1 is 1.04 bits per heavy atom. The minimum atomic E-state index is -1.15. The third kappa shape index (κ3) is 4.59. The van der Waals surface area contributed by atoms with Gasteiger partial charge in [-0.1, -0.05) is 59.2 Å². The molecule has 0 radical (unpaired) electrons. The molecule has 1 unspecified atom stereocenters. The van der Waals surface area contributed by atoms with E-state index in [9.17, 15) is 14.7 Å². The number of nitrogens with one attached hydrogen (secondary N) is 1. The molecule has 2 aromatic carbocycles. The first-order valence-electron chi connectivity index (χ1n) is 8.77. The number of hydrogen-bond acceptors (Lipinski definition) is 5. The normalized spacial score (nSPS) is 11.8. The lowest BCUT2D eigenvalue weighted by Crippen LogP contribution is -2.36. The fourth-order valence-electron chi connectivity index (χ4n) is 2.93. The van der Waals surface area contributed by atoms with Gasteiger partial charge in [0.15, 0.2) is 6.04 Å². The lowest BCUT2D eigenvalue weighted by Gasteiger charge is -2.16. The molecule has 3 rings (SSSR count). The Balaban J connectivity index is 1.71. The SMILES string of the molecule is Cc1ccc(-c2nnn(CC(=O)NC(C(=O)O)c3cc(C)cc(C)c3)n2)cc1. The molecule has 28 heavy (non-hydrogen) atoms. The predicted octanol–water partition coefficient (Wildman–Crippen LogP) is 2.21. The van der Waals surface area contributed by atoms with E-state index in [-0.39, 0.29) is 6.54 Å². The summed E-state index contributed by atoms with van der Waals surface area (Å²) in [6.45, 7) is 5.51. The molecule has 8 nitrogen and oxygen atoms in total. The molecule has 0 saturated carbocycles. The van der Waals surface area contributed by atoms with E-state index in [0.29, 0.717) is 11.4 Å². The van der Waals surface area contributed by atoms with Crippen molar-refractivity contribution in [3.63, 3.8) is 0 Å². The molecule has 1 atom stereocenters. The first kappa shape index (κ1) is 19.2. The van der Waals surface area contributed by atoms with Crippen molar-refractivity contribution < 1.29 is 14.7 Å². The number of carboxylic acid groups (broad SMARTS) is 1. The number of rotatable bonds is 6. The van der Waals surface area contributed by atoms with Gasteiger partial charge >= 0.3 is 5.97 Å². The van der Waals surface area contributed by atoms with Crippen LogP contribution in [0.1, 0.15) is 28.3 Å². The minimum Gasteiger partial charge on any atom is -0.479 e. The van der Waals surface area contributed by atoms with Crippen molar-refractivity contribution in [3.8, 4) is 11.4 Å². The first-order chi connectivity index (χ1) is 13.3. The molecule has 0 spiro atoms. The van der Waals surface area contributed by atoms with Gasteiger partial charge in [-0.15, -0.1) is 10.2 Å². The van der Waals surface area contributed by atoms with Crippen LogP contribution in [0.15, 0.2) is 42.5 Å². The minimum absolute atomic E-state index is 0.229. The van der Waals surface area contributed by atoms with Crippen LogP contribution in [0, 0.1) is 20.8 Å². The summed E-state index contributed by atoms with van der Waals surface area (Å²) in [6, 6.07) is 11.9. The van der Waals surface area contributed by atoms with Crippen LogP contribution in [-0.4, -0.2) is 37.2 Å². The number of carbonyl (C=O) groups is 2. The molecule has 1 aromatic heterocycles. The topological polar surface area (TPSA) is 110 Å². The van der Waals surface area contributed by atoms with Crippen molar-refractivity contribution in [3.05, 3.63) is 64.7 Å². The summed E-state index contributed by atoms with van der Waals surface area (Å²) in [7, 11) is 0. The van der Waals surface area contributed by atoms with Gasteiger partial charge in [0.05, 0.1) is 0 Å². The van der Waals surface area contributed by atoms with E-state index in [0.717, 1.165) is 27.1 Å². The number of hydrogen-bond donors (Lipinski definition) is 2. The van der Waals surface area contributed by atoms with E-state index in [1.54, 1.807) is 12.1 Å². The van der Waals surface area contributed by atoms with Gasteiger partial charge in [-0.3, -0.25) is 4.79 Å². The second kappa shape index (κ2) is 7.99. The average Bonchev–Trinajstić information content (AvgIpc) is 3.07. The average molecular weight is 379 g/mol. The zero-order valence-electron chi connectivity index (χ0n) is 15.9. The molecular weight excluding hydrogens is 358 g/mol. The van der Waals surface area contributed by atoms with E-state index >= 15 is 0 Å². The molecular formula is C20H21N5O3. The summed E-state index contributed by atoms with van der Waals surface area (Å²) in [6.07, 6.45) is 0. The molecule has 0 bridgehead atoms. The van der Waals surface area contributed by atoms with E-state index in [2.05, 4.69) is 20.7 Å². The second-order valence-electron chi connectivity index (χ2n) is 6.77. The van der Waals surface area contributed by atoms with Gasteiger partial charge in [0.1, 0.15) is 6.54 Å². The van der Waals surface area contributed by atoms with Gasteiger partial charge < -0.3 is 10.4 Å². The van der Waals surface area contributed by atoms with Gasteiger partial charge in [0.25, 0.3) is 0 Å². The lowest BCUT2D eigenvalue weighted by atomic mass is 10.0. The van der Waals surface area contributed by atoms with Crippen LogP contribution >= 0.6 is 0 Å². The monoisotopic (exact) mass is 379 g/mol. The summed E-state index contributed by atoms with van der Waals surface area (Å²) < 4.78 is 0. The summed E-state index contributed by atoms with van der Waals surface area (Å²) in [5.74, 6) is -1.25.